The van der Waals surface area contributed by atoms with Gasteiger partial charge in [-0.3, -0.25) is 4.98 Å². The summed E-state index contributed by atoms with van der Waals surface area (Å²) >= 11 is 1.50. The van der Waals surface area contributed by atoms with E-state index in [2.05, 4.69) is 20.3 Å². The SMILES string of the molecule is Cc1sc2nc(C(CO)CO)nc(NCc3ccccn3)c2c1-c1ccc(F)cc1. The minimum Gasteiger partial charge on any atom is -0.396 e. The molecular formula is C22H21FN4O2S. The lowest BCUT2D eigenvalue weighted by Crippen LogP contribution is -2.14. The van der Waals surface area contributed by atoms with Crippen molar-refractivity contribution in [1.29, 1.82) is 0 Å². The molecule has 0 spiro atoms. The van der Waals surface area contributed by atoms with Crippen LogP contribution in [0.15, 0.2) is 48.7 Å². The van der Waals surface area contributed by atoms with Gasteiger partial charge in [-0.25, -0.2) is 14.4 Å². The minimum atomic E-state index is -0.568. The van der Waals surface area contributed by atoms with Gasteiger partial charge in [0.15, 0.2) is 0 Å². The first-order chi connectivity index (χ1) is 14.6. The molecule has 6 nitrogen and oxygen atoms in total. The highest BCUT2D eigenvalue weighted by atomic mass is 32.1. The molecule has 0 aliphatic heterocycles. The topological polar surface area (TPSA) is 91.2 Å². The monoisotopic (exact) mass is 424 g/mol. The van der Waals surface area contributed by atoms with Crippen molar-refractivity contribution in [1.82, 2.24) is 15.0 Å². The second kappa shape index (κ2) is 8.83. The standard InChI is InChI=1S/C22H21FN4O2S/c1-13-18(14-5-7-16(23)8-6-14)19-21(25-10-17-4-2-3-9-24-17)26-20(15(11-28)12-29)27-22(19)30-13/h2-9,15,28-29H,10-12H2,1H3,(H,25,26,27). The summed E-state index contributed by atoms with van der Waals surface area (Å²) < 4.78 is 13.5. The smallest absolute Gasteiger partial charge is 0.140 e. The van der Waals surface area contributed by atoms with Crippen LogP contribution in [0.5, 0.6) is 0 Å². The van der Waals surface area contributed by atoms with E-state index in [0.717, 1.165) is 31.9 Å². The lowest BCUT2D eigenvalue weighted by molar-refractivity contribution is 0.188. The van der Waals surface area contributed by atoms with Crippen LogP contribution < -0.4 is 5.32 Å². The number of pyridine rings is 1. The number of nitrogens with one attached hydrogen (secondary N) is 1. The maximum Gasteiger partial charge on any atom is 0.140 e. The molecule has 4 aromatic rings. The van der Waals surface area contributed by atoms with Crippen LogP contribution in [0.2, 0.25) is 0 Å². The van der Waals surface area contributed by atoms with E-state index >= 15 is 0 Å². The molecule has 0 fully saturated rings. The predicted octanol–water partition coefficient (Wildman–Crippen LogP) is 3.88. The van der Waals surface area contributed by atoms with Crippen LogP contribution in [0, 0.1) is 12.7 Å². The van der Waals surface area contributed by atoms with E-state index in [-0.39, 0.29) is 19.0 Å². The summed E-state index contributed by atoms with van der Waals surface area (Å²) in [4.78, 5) is 15.4. The molecule has 154 valence electrons. The fourth-order valence-corrected chi connectivity index (χ4v) is 4.35. The Labute approximate surface area is 177 Å². The number of aromatic nitrogens is 3. The van der Waals surface area contributed by atoms with E-state index in [1.165, 1.54) is 23.5 Å². The van der Waals surface area contributed by atoms with Crippen molar-refractivity contribution < 1.29 is 14.6 Å². The van der Waals surface area contributed by atoms with Crippen LogP contribution in [0.3, 0.4) is 0 Å². The van der Waals surface area contributed by atoms with Gasteiger partial charge in [0.25, 0.3) is 0 Å². The molecule has 0 saturated carbocycles. The second-order valence-corrected chi connectivity index (χ2v) is 8.09. The number of nitrogens with zero attached hydrogens (tertiary/aromatic N) is 3. The molecule has 0 unspecified atom stereocenters. The maximum atomic E-state index is 13.5. The molecule has 0 amide bonds. The second-order valence-electron chi connectivity index (χ2n) is 6.89. The van der Waals surface area contributed by atoms with E-state index in [1.54, 1.807) is 18.3 Å². The van der Waals surface area contributed by atoms with Crippen molar-refractivity contribution in [3.63, 3.8) is 0 Å². The third-order valence-electron chi connectivity index (χ3n) is 4.85. The molecular weight excluding hydrogens is 403 g/mol. The molecule has 3 heterocycles. The summed E-state index contributed by atoms with van der Waals surface area (Å²) in [7, 11) is 0. The van der Waals surface area contributed by atoms with Crippen molar-refractivity contribution in [3.8, 4) is 11.1 Å². The number of benzene rings is 1. The number of thiophene rings is 1. The van der Waals surface area contributed by atoms with Crippen LogP contribution in [0.1, 0.15) is 22.3 Å². The van der Waals surface area contributed by atoms with Crippen LogP contribution in [-0.4, -0.2) is 38.4 Å². The number of hydrogen-bond donors (Lipinski definition) is 3. The number of halogens is 1. The Balaban J connectivity index is 1.86. The maximum absolute atomic E-state index is 13.5. The number of aliphatic hydroxyl groups is 2. The molecule has 8 heteroatoms. The fourth-order valence-electron chi connectivity index (χ4n) is 3.30. The lowest BCUT2D eigenvalue weighted by Gasteiger charge is -2.14. The summed E-state index contributed by atoms with van der Waals surface area (Å²) in [6, 6.07) is 12.0. The van der Waals surface area contributed by atoms with Gasteiger partial charge < -0.3 is 15.5 Å². The number of aryl methyl sites for hydroxylation is 1. The third kappa shape index (κ3) is 4.02. The van der Waals surface area contributed by atoms with E-state index in [4.69, 9.17) is 0 Å². The normalized spacial score (nSPS) is 11.4. The van der Waals surface area contributed by atoms with Gasteiger partial charge in [0, 0.05) is 16.6 Å². The summed E-state index contributed by atoms with van der Waals surface area (Å²) in [5, 5.41) is 23.4. The molecule has 1 aromatic carbocycles. The van der Waals surface area contributed by atoms with E-state index in [9.17, 15) is 14.6 Å². The predicted molar refractivity (Wildman–Crippen MR) is 116 cm³/mol. The van der Waals surface area contributed by atoms with Gasteiger partial charge in [0.05, 0.1) is 36.8 Å². The van der Waals surface area contributed by atoms with Crippen molar-refractivity contribution in [2.45, 2.75) is 19.4 Å². The van der Waals surface area contributed by atoms with E-state index < -0.39 is 5.92 Å². The Hall–Kier alpha value is -2.94. The Bertz CT molecular complexity index is 1150. The molecule has 0 atom stereocenters. The van der Waals surface area contributed by atoms with Gasteiger partial charge in [-0.15, -0.1) is 11.3 Å². The Morgan fingerprint density at radius 3 is 2.50 bits per heavy atom. The van der Waals surface area contributed by atoms with Crippen molar-refractivity contribution >= 4 is 27.4 Å². The number of aliphatic hydroxyl groups excluding tert-OH is 2. The Kier molecular flexibility index (Phi) is 5.98. The molecule has 3 N–H and O–H groups in total. The fraction of sp³-hybridized carbons (Fsp3) is 0.227. The highest BCUT2D eigenvalue weighted by molar-refractivity contribution is 7.19. The average Bonchev–Trinajstić information content (AvgIpc) is 3.10. The summed E-state index contributed by atoms with van der Waals surface area (Å²) in [6.45, 7) is 1.93. The minimum absolute atomic E-state index is 0.253. The Morgan fingerprint density at radius 1 is 1.07 bits per heavy atom. The zero-order valence-electron chi connectivity index (χ0n) is 16.3. The Morgan fingerprint density at radius 2 is 1.83 bits per heavy atom. The summed E-state index contributed by atoms with van der Waals surface area (Å²) in [5.41, 5.74) is 2.66. The largest absolute Gasteiger partial charge is 0.396 e. The molecule has 0 saturated heterocycles. The van der Waals surface area contributed by atoms with Gasteiger partial charge in [0.2, 0.25) is 0 Å². The van der Waals surface area contributed by atoms with Crippen molar-refractivity contribution in [2.75, 3.05) is 18.5 Å². The first-order valence-electron chi connectivity index (χ1n) is 9.53. The van der Waals surface area contributed by atoms with Gasteiger partial charge in [-0.05, 0) is 36.8 Å². The quantitative estimate of drug-likeness (QED) is 0.417. The van der Waals surface area contributed by atoms with Crippen molar-refractivity contribution in [3.05, 3.63) is 70.9 Å². The number of anilines is 1. The first-order valence-corrected chi connectivity index (χ1v) is 10.3. The summed E-state index contributed by atoms with van der Waals surface area (Å²) in [5.74, 6) is 0.109. The van der Waals surface area contributed by atoms with Crippen molar-refractivity contribution in [2.24, 2.45) is 0 Å². The molecule has 4 rings (SSSR count). The molecule has 30 heavy (non-hydrogen) atoms. The van der Waals surface area contributed by atoms with E-state index in [0.29, 0.717) is 18.2 Å². The molecule has 0 radical (unpaired) electrons. The number of hydrogen-bond acceptors (Lipinski definition) is 7. The van der Waals surface area contributed by atoms with Crippen LogP contribution in [0.4, 0.5) is 10.2 Å². The molecule has 3 aromatic heterocycles. The molecule has 0 bridgehead atoms. The van der Waals surface area contributed by atoms with Gasteiger partial charge >= 0.3 is 0 Å². The summed E-state index contributed by atoms with van der Waals surface area (Å²) in [6.07, 6.45) is 1.73. The number of fused-ring (bicyclic) bond motifs is 1. The average molecular weight is 425 g/mol. The van der Waals surface area contributed by atoms with Gasteiger partial charge in [0.1, 0.15) is 22.3 Å². The molecule has 0 aliphatic rings. The van der Waals surface area contributed by atoms with Crippen LogP contribution >= 0.6 is 11.3 Å². The number of rotatable bonds is 7. The third-order valence-corrected chi connectivity index (χ3v) is 5.85. The zero-order chi connectivity index (χ0) is 21.1. The zero-order valence-corrected chi connectivity index (χ0v) is 17.2. The van der Waals surface area contributed by atoms with Crippen LogP contribution in [0.25, 0.3) is 21.3 Å². The van der Waals surface area contributed by atoms with Gasteiger partial charge in [-0.1, -0.05) is 18.2 Å². The van der Waals surface area contributed by atoms with E-state index in [1.807, 2.05) is 25.1 Å². The van der Waals surface area contributed by atoms with Gasteiger partial charge in [-0.2, -0.15) is 0 Å². The first kappa shape index (κ1) is 20.3. The van der Waals surface area contributed by atoms with Crippen LogP contribution in [-0.2, 0) is 6.54 Å². The highest BCUT2D eigenvalue weighted by Gasteiger charge is 2.21. The highest BCUT2D eigenvalue weighted by Crippen LogP contribution is 2.41. The molecule has 0 aliphatic carbocycles. The lowest BCUT2D eigenvalue weighted by atomic mass is 10.0.